The fourth-order valence-electron chi connectivity index (χ4n) is 6.43. The third kappa shape index (κ3) is 3.81. The van der Waals surface area contributed by atoms with Gasteiger partial charge in [-0.3, -0.25) is 4.79 Å². The van der Waals surface area contributed by atoms with Crippen molar-refractivity contribution in [1.29, 1.82) is 0 Å². The molecule has 2 atom stereocenters. The Kier molecular flexibility index (Phi) is 5.46. The quantitative estimate of drug-likeness (QED) is 0.429. The number of hydrogen-bond acceptors (Lipinski definition) is 5. The highest BCUT2D eigenvalue weighted by atomic mass is 16.5. The minimum absolute atomic E-state index is 0.0620. The number of aryl methyl sites for hydroxylation is 1. The van der Waals surface area contributed by atoms with Crippen molar-refractivity contribution < 1.29 is 9.53 Å². The van der Waals surface area contributed by atoms with Crippen molar-refractivity contribution >= 4 is 28.0 Å². The number of imidazole rings is 1. The Morgan fingerprint density at radius 3 is 2.86 bits per heavy atom. The predicted molar refractivity (Wildman–Crippen MR) is 144 cm³/mol. The molecule has 2 saturated heterocycles. The number of carbonyl (C=O) groups excluding carboxylic acids is 1. The number of nitrogens with zero attached hydrogens (tertiary/aromatic N) is 5. The zero-order valence-electron chi connectivity index (χ0n) is 21.6. The largest absolute Gasteiger partial charge is 0.494 e. The highest BCUT2D eigenvalue weighted by Crippen LogP contribution is 2.38. The van der Waals surface area contributed by atoms with Crippen LogP contribution in [0.3, 0.4) is 0 Å². The number of nitrogens with one attached hydrogen (secondary N) is 1. The lowest BCUT2D eigenvalue weighted by atomic mass is 9.92. The van der Waals surface area contributed by atoms with Crippen molar-refractivity contribution in [2.45, 2.75) is 51.7 Å². The average Bonchev–Trinajstić information content (AvgIpc) is 3.33. The summed E-state index contributed by atoms with van der Waals surface area (Å²) in [7, 11) is 1.68. The van der Waals surface area contributed by atoms with Gasteiger partial charge < -0.3 is 24.1 Å². The number of amides is 1. The van der Waals surface area contributed by atoms with Crippen LogP contribution in [0, 0.1) is 11.8 Å². The van der Waals surface area contributed by atoms with E-state index >= 15 is 0 Å². The van der Waals surface area contributed by atoms with Gasteiger partial charge in [0.2, 0.25) is 0 Å². The van der Waals surface area contributed by atoms with Crippen LogP contribution in [0.25, 0.3) is 33.6 Å². The Bertz CT molecular complexity index is 1500. The molecule has 3 fully saturated rings. The number of pyridine rings is 1. The Labute approximate surface area is 216 Å². The van der Waals surface area contributed by atoms with E-state index in [4.69, 9.17) is 14.7 Å². The summed E-state index contributed by atoms with van der Waals surface area (Å²) < 4.78 is 10.4. The normalized spacial score (nSPS) is 21.6. The van der Waals surface area contributed by atoms with Crippen LogP contribution in [0.15, 0.2) is 36.5 Å². The molecule has 0 bridgehead atoms. The molecule has 1 aliphatic carbocycles. The predicted octanol–water partition coefficient (Wildman–Crippen LogP) is 4.32. The fourth-order valence-corrected chi connectivity index (χ4v) is 6.43. The van der Waals surface area contributed by atoms with Crippen molar-refractivity contribution in [3.8, 4) is 17.3 Å². The molecule has 3 aromatic heterocycles. The molecule has 37 heavy (non-hydrogen) atoms. The van der Waals surface area contributed by atoms with Crippen LogP contribution in [-0.4, -0.2) is 62.7 Å². The number of rotatable bonds is 6. The van der Waals surface area contributed by atoms with E-state index in [1.165, 1.54) is 19.3 Å². The number of ether oxygens (including phenoxy) is 1. The summed E-state index contributed by atoms with van der Waals surface area (Å²) in [5, 5.41) is 4.70. The van der Waals surface area contributed by atoms with Gasteiger partial charge in [-0.25, -0.2) is 9.97 Å². The fraction of sp³-hybridized carbons (Fsp3) is 0.483. The van der Waals surface area contributed by atoms with Gasteiger partial charge in [-0.05, 0) is 81.3 Å². The summed E-state index contributed by atoms with van der Waals surface area (Å²) in [5.74, 6) is 3.05. The van der Waals surface area contributed by atoms with Crippen LogP contribution in [0.1, 0.15) is 43.0 Å². The van der Waals surface area contributed by atoms with Gasteiger partial charge in [-0.2, -0.15) is 0 Å². The molecule has 192 valence electrons. The monoisotopic (exact) mass is 498 g/mol. The van der Waals surface area contributed by atoms with Crippen LogP contribution in [0.4, 0.5) is 0 Å². The number of fused-ring (bicyclic) bond motifs is 3. The van der Waals surface area contributed by atoms with E-state index in [9.17, 15) is 4.79 Å². The van der Waals surface area contributed by atoms with E-state index < -0.39 is 0 Å². The van der Waals surface area contributed by atoms with Gasteiger partial charge in [-0.1, -0.05) is 0 Å². The second-order valence-corrected chi connectivity index (χ2v) is 10.9. The van der Waals surface area contributed by atoms with Gasteiger partial charge in [0, 0.05) is 49.4 Å². The standard InChI is InChI=1S/C29H34N6O2/c1-3-34-26-22(32-28(34)24-14-20-5-4-10-31-27(20)35(24)16-18-6-7-18)13-21(15-25(26)37-2)29(36)33-12-9-19-8-11-30-23(19)17-33/h4-5,10,13-15,18-19,23,30H,3,6-9,11-12,16-17H2,1-2H3/t19-,23+/m0/s1. The van der Waals surface area contributed by atoms with E-state index in [2.05, 4.69) is 33.5 Å². The molecular formula is C29H34N6O2. The van der Waals surface area contributed by atoms with E-state index in [1.807, 2.05) is 29.3 Å². The second-order valence-electron chi connectivity index (χ2n) is 10.9. The molecule has 1 saturated carbocycles. The smallest absolute Gasteiger partial charge is 0.254 e. The third-order valence-corrected chi connectivity index (χ3v) is 8.58. The van der Waals surface area contributed by atoms with Crippen LogP contribution in [0.5, 0.6) is 5.75 Å². The first-order valence-electron chi connectivity index (χ1n) is 13.7. The lowest BCUT2D eigenvalue weighted by Crippen LogP contribution is -2.48. The van der Waals surface area contributed by atoms with E-state index in [0.29, 0.717) is 29.2 Å². The molecule has 3 aliphatic rings. The van der Waals surface area contributed by atoms with Crippen molar-refractivity contribution in [2.24, 2.45) is 11.8 Å². The molecule has 5 heterocycles. The van der Waals surface area contributed by atoms with Gasteiger partial charge in [0.15, 0.2) is 5.82 Å². The van der Waals surface area contributed by atoms with Crippen molar-refractivity contribution in [2.75, 3.05) is 26.7 Å². The zero-order valence-corrected chi connectivity index (χ0v) is 21.6. The summed E-state index contributed by atoms with van der Waals surface area (Å²) in [5.41, 5.74) is 4.45. The Morgan fingerprint density at radius 2 is 2.05 bits per heavy atom. The van der Waals surface area contributed by atoms with E-state index in [-0.39, 0.29) is 5.91 Å². The first kappa shape index (κ1) is 22.8. The van der Waals surface area contributed by atoms with Crippen LogP contribution in [-0.2, 0) is 13.1 Å². The summed E-state index contributed by atoms with van der Waals surface area (Å²) in [6, 6.07) is 10.6. The van der Waals surface area contributed by atoms with Crippen LogP contribution >= 0.6 is 0 Å². The molecule has 7 rings (SSSR count). The summed E-state index contributed by atoms with van der Waals surface area (Å²) in [4.78, 5) is 25.5. The molecule has 1 N–H and O–H groups in total. The van der Waals surface area contributed by atoms with Crippen LogP contribution < -0.4 is 10.1 Å². The van der Waals surface area contributed by atoms with Crippen molar-refractivity contribution in [1.82, 2.24) is 29.3 Å². The van der Waals surface area contributed by atoms with Gasteiger partial charge in [0.05, 0.1) is 18.3 Å². The van der Waals surface area contributed by atoms with Crippen molar-refractivity contribution in [3.63, 3.8) is 0 Å². The highest BCUT2D eigenvalue weighted by molar-refractivity contribution is 6.00. The number of aromatic nitrogens is 4. The van der Waals surface area contributed by atoms with E-state index in [0.717, 1.165) is 72.7 Å². The molecule has 1 aromatic carbocycles. The lowest BCUT2D eigenvalue weighted by molar-refractivity contribution is 0.0669. The zero-order chi connectivity index (χ0) is 25.1. The molecule has 0 radical (unpaired) electrons. The SMILES string of the molecule is CCn1c(-c2cc3cccnc3n2CC2CC2)nc2cc(C(=O)N3CC[C@@H]4CCN[C@@H]4C3)cc(OC)c21. The molecule has 1 amide bonds. The van der Waals surface area contributed by atoms with Crippen molar-refractivity contribution in [3.05, 3.63) is 42.1 Å². The molecule has 0 spiro atoms. The Balaban J connectivity index is 1.33. The van der Waals surface area contributed by atoms with Gasteiger partial charge >= 0.3 is 0 Å². The van der Waals surface area contributed by atoms with Gasteiger partial charge in [0.1, 0.15) is 16.9 Å². The first-order chi connectivity index (χ1) is 18.1. The summed E-state index contributed by atoms with van der Waals surface area (Å²) in [6.07, 6.45) is 6.68. The lowest BCUT2D eigenvalue weighted by Gasteiger charge is -2.35. The third-order valence-electron chi connectivity index (χ3n) is 8.58. The average molecular weight is 499 g/mol. The number of piperidine rings is 1. The molecule has 8 heteroatoms. The second kappa shape index (κ2) is 8.87. The molecule has 4 aromatic rings. The topological polar surface area (TPSA) is 77.2 Å². The number of benzene rings is 1. The highest BCUT2D eigenvalue weighted by Gasteiger charge is 2.35. The Hall–Kier alpha value is -3.39. The minimum atomic E-state index is 0.0620. The maximum absolute atomic E-state index is 13.6. The summed E-state index contributed by atoms with van der Waals surface area (Å²) >= 11 is 0. The van der Waals surface area contributed by atoms with Crippen LogP contribution in [0.2, 0.25) is 0 Å². The molecular weight excluding hydrogens is 464 g/mol. The van der Waals surface area contributed by atoms with Gasteiger partial charge in [0.25, 0.3) is 5.91 Å². The molecule has 2 aliphatic heterocycles. The van der Waals surface area contributed by atoms with E-state index in [1.54, 1.807) is 7.11 Å². The maximum atomic E-state index is 13.6. The van der Waals surface area contributed by atoms with Gasteiger partial charge in [-0.15, -0.1) is 0 Å². The molecule has 0 unspecified atom stereocenters. The number of hydrogen-bond donors (Lipinski definition) is 1. The summed E-state index contributed by atoms with van der Waals surface area (Å²) in [6.45, 7) is 6.47. The number of likely N-dealkylation sites (tertiary alicyclic amines) is 1. The number of methoxy groups -OCH3 is 1. The first-order valence-corrected chi connectivity index (χ1v) is 13.7. The Morgan fingerprint density at radius 1 is 1.16 bits per heavy atom. The minimum Gasteiger partial charge on any atom is -0.494 e. The number of carbonyl (C=O) groups is 1. The molecule has 8 nitrogen and oxygen atoms in total. The maximum Gasteiger partial charge on any atom is 0.254 e.